The van der Waals surface area contributed by atoms with E-state index in [1.54, 1.807) is 11.8 Å². The molecule has 2 aromatic rings. The monoisotopic (exact) mass is 357 g/mol. The molecule has 1 aliphatic heterocycles. The molecule has 1 aromatic carbocycles. The van der Waals surface area contributed by atoms with E-state index in [2.05, 4.69) is 34.9 Å². The van der Waals surface area contributed by atoms with Gasteiger partial charge in [-0.25, -0.2) is 0 Å². The summed E-state index contributed by atoms with van der Waals surface area (Å²) in [6.45, 7) is 6.91. The highest BCUT2D eigenvalue weighted by Gasteiger charge is 2.23. The largest absolute Gasteiger partial charge is 0.343 e. The lowest BCUT2D eigenvalue weighted by Crippen LogP contribution is -2.39. The molecular weight excluding hydrogens is 330 g/mol. The molecule has 25 heavy (non-hydrogen) atoms. The lowest BCUT2D eigenvalue weighted by molar-refractivity contribution is -0.132. The van der Waals surface area contributed by atoms with Crippen LogP contribution in [0.4, 0.5) is 0 Å². The Kier molecular flexibility index (Phi) is 6.19. The zero-order chi connectivity index (χ0) is 17.6. The Hall–Kier alpha value is -1.75. The fraction of sp³-hybridized carbons (Fsp3) is 0.500. The van der Waals surface area contributed by atoms with Crippen LogP contribution in [0.2, 0.25) is 0 Å². The van der Waals surface area contributed by atoms with Gasteiger partial charge in [-0.3, -0.25) is 9.48 Å². The van der Waals surface area contributed by atoms with Gasteiger partial charge in [0.2, 0.25) is 5.91 Å². The molecule has 0 unspecified atom stereocenters. The average molecular weight is 358 g/mol. The normalized spacial score (nSPS) is 15.5. The molecule has 2 heterocycles. The molecule has 1 saturated heterocycles. The van der Waals surface area contributed by atoms with E-state index < -0.39 is 0 Å². The summed E-state index contributed by atoms with van der Waals surface area (Å²) in [5.41, 5.74) is 2.31. The van der Waals surface area contributed by atoms with Crippen molar-refractivity contribution in [3.63, 3.8) is 0 Å². The number of amides is 1. The number of rotatable bonds is 6. The third-order valence-corrected chi connectivity index (χ3v) is 5.84. The Labute approximate surface area is 154 Å². The van der Waals surface area contributed by atoms with Crippen molar-refractivity contribution >= 4 is 17.7 Å². The molecule has 1 aromatic heterocycles. The van der Waals surface area contributed by atoms with Crippen LogP contribution in [0.3, 0.4) is 0 Å². The fourth-order valence-corrected chi connectivity index (χ4v) is 4.26. The van der Waals surface area contributed by atoms with E-state index in [0.717, 1.165) is 43.9 Å². The van der Waals surface area contributed by atoms with Crippen molar-refractivity contribution in [3.05, 3.63) is 47.8 Å². The quantitative estimate of drug-likeness (QED) is 0.736. The van der Waals surface area contributed by atoms with Gasteiger partial charge in [-0.15, -0.1) is 11.8 Å². The number of piperidine rings is 1. The van der Waals surface area contributed by atoms with Crippen molar-refractivity contribution < 1.29 is 4.79 Å². The van der Waals surface area contributed by atoms with Gasteiger partial charge in [-0.1, -0.05) is 18.2 Å². The van der Waals surface area contributed by atoms with Crippen LogP contribution in [0.15, 0.2) is 41.3 Å². The van der Waals surface area contributed by atoms with Crippen LogP contribution in [0.25, 0.3) is 0 Å². The Morgan fingerprint density at radius 1 is 1.20 bits per heavy atom. The van der Waals surface area contributed by atoms with E-state index in [1.807, 2.05) is 30.0 Å². The van der Waals surface area contributed by atoms with Gasteiger partial charge in [0.1, 0.15) is 0 Å². The van der Waals surface area contributed by atoms with Crippen molar-refractivity contribution in [2.75, 3.05) is 18.8 Å². The highest BCUT2D eigenvalue weighted by atomic mass is 32.2. The van der Waals surface area contributed by atoms with E-state index >= 15 is 0 Å². The predicted octanol–water partition coefficient (Wildman–Crippen LogP) is 3.92. The summed E-state index contributed by atoms with van der Waals surface area (Å²) >= 11 is 1.76. The van der Waals surface area contributed by atoms with E-state index in [-0.39, 0.29) is 0 Å². The maximum Gasteiger partial charge on any atom is 0.223 e. The van der Waals surface area contributed by atoms with Crippen LogP contribution in [0.5, 0.6) is 0 Å². The molecule has 0 saturated carbocycles. The summed E-state index contributed by atoms with van der Waals surface area (Å²) in [5.74, 6) is 1.78. The van der Waals surface area contributed by atoms with Crippen molar-refractivity contribution in [1.82, 2.24) is 14.7 Å². The van der Waals surface area contributed by atoms with E-state index in [4.69, 9.17) is 0 Å². The molecule has 0 radical (unpaired) electrons. The second-order valence-electron chi connectivity index (χ2n) is 6.84. The molecule has 5 heteroatoms. The SMILES string of the molecule is Cc1cc(C)n(CC2CCN(C(=O)CCSc3ccccc3)CC2)n1. The predicted molar refractivity (Wildman–Crippen MR) is 103 cm³/mol. The summed E-state index contributed by atoms with van der Waals surface area (Å²) in [6, 6.07) is 12.4. The van der Waals surface area contributed by atoms with Crippen LogP contribution < -0.4 is 0 Å². The molecule has 0 N–H and O–H groups in total. The molecule has 1 amide bonds. The van der Waals surface area contributed by atoms with Crippen LogP contribution in [0, 0.1) is 19.8 Å². The standard InChI is InChI=1S/C20H27N3OS/c1-16-14-17(2)23(21-16)15-18-8-11-22(12-9-18)20(24)10-13-25-19-6-4-3-5-7-19/h3-7,14,18H,8-13,15H2,1-2H3. The average Bonchev–Trinajstić information content (AvgIpc) is 2.93. The number of likely N-dealkylation sites (tertiary alicyclic amines) is 1. The second kappa shape index (κ2) is 8.56. The van der Waals surface area contributed by atoms with Gasteiger partial charge in [0.25, 0.3) is 0 Å². The number of hydrogen-bond acceptors (Lipinski definition) is 3. The van der Waals surface area contributed by atoms with Crippen molar-refractivity contribution in [3.8, 4) is 0 Å². The maximum absolute atomic E-state index is 12.4. The van der Waals surface area contributed by atoms with Gasteiger partial charge >= 0.3 is 0 Å². The minimum atomic E-state index is 0.299. The van der Waals surface area contributed by atoms with E-state index in [0.29, 0.717) is 18.2 Å². The summed E-state index contributed by atoms with van der Waals surface area (Å²) in [4.78, 5) is 15.7. The Morgan fingerprint density at radius 2 is 1.92 bits per heavy atom. The van der Waals surface area contributed by atoms with E-state index in [9.17, 15) is 4.79 Å². The van der Waals surface area contributed by atoms with Crippen LogP contribution in [-0.4, -0.2) is 39.4 Å². The zero-order valence-electron chi connectivity index (χ0n) is 15.1. The Balaban J connectivity index is 1.39. The minimum Gasteiger partial charge on any atom is -0.343 e. The van der Waals surface area contributed by atoms with Crippen molar-refractivity contribution in [1.29, 1.82) is 0 Å². The highest BCUT2D eigenvalue weighted by molar-refractivity contribution is 7.99. The van der Waals surface area contributed by atoms with Gasteiger partial charge in [-0.05, 0) is 50.8 Å². The van der Waals surface area contributed by atoms with Gasteiger partial charge in [0, 0.05) is 42.4 Å². The Bertz CT molecular complexity index is 690. The first-order chi connectivity index (χ1) is 12.1. The lowest BCUT2D eigenvalue weighted by Gasteiger charge is -2.32. The first kappa shape index (κ1) is 18.1. The van der Waals surface area contributed by atoms with Crippen LogP contribution >= 0.6 is 11.8 Å². The van der Waals surface area contributed by atoms with Crippen molar-refractivity contribution in [2.45, 2.75) is 44.6 Å². The summed E-state index contributed by atoms with van der Waals surface area (Å²) in [5, 5.41) is 4.56. The molecular formula is C20H27N3OS. The molecule has 134 valence electrons. The summed E-state index contributed by atoms with van der Waals surface area (Å²) < 4.78 is 2.12. The van der Waals surface area contributed by atoms with Crippen molar-refractivity contribution in [2.24, 2.45) is 5.92 Å². The third kappa shape index (κ3) is 5.11. The van der Waals surface area contributed by atoms with Gasteiger partial charge in [-0.2, -0.15) is 5.10 Å². The molecule has 0 atom stereocenters. The number of carbonyl (C=O) groups excluding carboxylic acids is 1. The molecule has 4 nitrogen and oxygen atoms in total. The fourth-order valence-electron chi connectivity index (χ4n) is 3.40. The molecule has 1 fully saturated rings. The lowest BCUT2D eigenvalue weighted by atomic mass is 9.96. The summed E-state index contributed by atoms with van der Waals surface area (Å²) in [7, 11) is 0. The minimum absolute atomic E-state index is 0.299. The summed E-state index contributed by atoms with van der Waals surface area (Å²) in [6.07, 6.45) is 2.79. The van der Waals surface area contributed by atoms with Crippen LogP contribution in [-0.2, 0) is 11.3 Å². The molecule has 0 bridgehead atoms. The zero-order valence-corrected chi connectivity index (χ0v) is 16.0. The molecule has 0 aliphatic carbocycles. The third-order valence-electron chi connectivity index (χ3n) is 4.83. The van der Waals surface area contributed by atoms with Crippen LogP contribution in [0.1, 0.15) is 30.7 Å². The number of thioether (sulfide) groups is 1. The number of aromatic nitrogens is 2. The smallest absolute Gasteiger partial charge is 0.223 e. The molecule has 1 aliphatic rings. The number of aryl methyl sites for hydroxylation is 2. The number of carbonyl (C=O) groups is 1. The number of benzene rings is 1. The first-order valence-corrected chi connectivity index (χ1v) is 10.1. The number of nitrogens with zero attached hydrogens (tertiary/aromatic N) is 3. The first-order valence-electron chi connectivity index (χ1n) is 9.08. The maximum atomic E-state index is 12.4. The highest BCUT2D eigenvalue weighted by Crippen LogP contribution is 2.22. The topological polar surface area (TPSA) is 38.1 Å². The van der Waals surface area contributed by atoms with Gasteiger partial charge in [0.15, 0.2) is 0 Å². The van der Waals surface area contributed by atoms with Gasteiger partial charge in [0.05, 0.1) is 5.69 Å². The van der Waals surface area contributed by atoms with E-state index in [1.165, 1.54) is 10.6 Å². The second-order valence-corrected chi connectivity index (χ2v) is 8.01. The van der Waals surface area contributed by atoms with Gasteiger partial charge < -0.3 is 4.90 Å². The molecule has 0 spiro atoms. The molecule has 3 rings (SSSR count). The number of hydrogen-bond donors (Lipinski definition) is 0. The Morgan fingerprint density at radius 3 is 2.56 bits per heavy atom.